The Hall–Kier alpha value is -2.17. The van der Waals surface area contributed by atoms with Gasteiger partial charge in [-0.25, -0.2) is 0 Å². The topological polar surface area (TPSA) is 65.3 Å². The van der Waals surface area contributed by atoms with Gasteiger partial charge < -0.3 is 4.74 Å². The zero-order valence-electron chi connectivity index (χ0n) is 8.01. The van der Waals surface area contributed by atoms with Crippen molar-refractivity contribution >= 4 is 16.6 Å². The second kappa shape index (κ2) is 3.53. The largest absolute Gasteiger partial charge is 0.496 e. The molecule has 0 spiro atoms. The predicted octanol–water partition coefficient (Wildman–Crippen LogP) is 2.15. The molecular formula is C10H8N2O3. The molecule has 1 heterocycles. The molecule has 5 heteroatoms. The highest BCUT2D eigenvalue weighted by Gasteiger charge is 2.08. The molecule has 0 aliphatic carbocycles. The number of hydrogen-bond acceptors (Lipinski definition) is 4. The minimum absolute atomic E-state index is 0.0308. The summed E-state index contributed by atoms with van der Waals surface area (Å²) in [5.74, 6) is 0.662. The number of pyridine rings is 1. The third-order valence-electron chi connectivity index (χ3n) is 2.12. The van der Waals surface area contributed by atoms with Crippen molar-refractivity contribution in [2.75, 3.05) is 7.11 Å². The smallest absolute Gasteiger partial charge is 0.271 e. The van der Waals surface area contributed by atoms with E-state index >= 15 is 0 Å². The number of nitrogens with zero attached hydrogens (tertiary/aromatic N) is 2. The van der Waals surface area contributed by atoms with Gasteiger partial charge in [-0.05, 0) is 12.1 Å². The van der Waals surface area contributed by atoms with Crippen LogP contribution in [0.5, 0.6) is 5.75 Å². The molecule has 0 aliphatic rings. The van der Waals surface area contributed by atoms with E-state index in [1.807, 2.05) is 0 Å². The molecule has 0 saturated heterocycles. The fourth-order valence-corrected chi connectivity index (χ4v) is 1.40. The van der Waals surface area contributed by atoms with Gasteiger partial charge in [0.05, 0.1) is 17.5 Å². The second-order valence-electron chi connectivity index (χ2n) is 2.97. The van der Waals surface area contributed by atoms with Crippen molar-refractivity contribution in [3.63, 3.8) is 0 Å². The highest BCUT2D eigenvalue weighted by Crippen LogP contribution is 2.26. The Labute approximate surface area is 85.5 Å². The Morgan fingerprint density at radius 2 is 2.20 bits per heavy atom. The maximum Gasteiger partial charge on any atom is 0.271 e. The number of rotatable bonds is 2. The SMILES string of the molecule is COc1ccnc2cc([N+](=O)[O-])ccc12. The minimum Gasteiger partial charge on any atom is -0.496 e. The van der Waals surface area contributed by atoms with Gasteiger partial charge >= 0.3 is 0 Å². The number of ether oxygens (including phenoxy) is 1. The van der Waals surface area contributed by atoms with Gasteiger partial charge in [-0.1, -0.05) is 0 Å². The molecule has 1 aromatic heterocycles. The molecule has 15 heavy (non-hydrogen) atoms. The number of non-ortho nitro benzene ring substituents is 1. The standard InChI is InChI=1S/C10H8N2O3/c1-15-10-4-5-11-9-6-7(12(13)14)2-3-8(9)10/h2-6H,1H3. The molecule has 1 aromatic carbocycles. The first-order chi connectivity index (χ1) is 7.22. The molecule has 0 bridgehead atoms. The zero-order chi connectivity index (χ0) is 10.8. The lowest BCUT2D eigenvalue weighted by Gasteiger charge is -2.03. The average molecular weight is 204 g/mol. The van der Waals surface area contributed by atoms with Crippen LogP contribution in [0.2, 0.25) is 0 Å². The number of benzene rings is 1. The van der Waals surface area contributed by atoms with E-state index in [1.54, 1.807) is 25.4 Å². The fraction of sp³-hybridized carbons (Fsp3) is 0.100. The molecular weight excluding hydrogens is 196 g/mol. The minimum atomic E-state index is -0.444. The third-order valence-corrected chi connectivity index (χ3v) is 2.12. The Morgan fingerprint density at radius 3 is 2.87 bits per heavy atom. The van der Waals surface area contributed by atoms with E-state index in [-0.39, 0.29) is 5.69 Å². The first kappa shape index (κ1) is 9.39. The Morgan fingerprint density at radius 1 is 1.40 bits per heavy atom. The lowest BCUT2D eigenvalue weighted by molar-refractivity contribution is -0.384. The molecule has 2 rings (SSSR count). The van der Waals surface area contributed by atoms with Crippen LogP contribution in [0.1, 0.15) is 0 Å². The Kier molecular flexibility index (Phi) is 2.21. The summed E-state index contributed by atoms with van der Waals surface area (Å²) < 4.78 is 5.12. The summed E-state index contributed by atoms with van der Waals surface area (Å²) in [5, 5.41) is 11.3. The Bertz CT molecular complexity index is 525. The number of methoxy groups -OCH3 is 1. The number of fused-ring (bicyclic) bond motifs is 1. The highest BCUT2D eigenvalue weighted by atomic mass is 16.6. The van der Waals surface area contributed by atoms with E-state index in [1.165, 1.54) is 12.1 Å². The lowest BCUT2D eigenvalue weighted by Crippen LogP contribution is -1.90. The number of nitro benzene ring substituents is 1. The molecule has 0 N–H and O–H groups in total. The summed E-state index contributed by atoms with van der Waals surface area (Å²) in [5.41, 5.74) is 0.590. The summed E-state index contributed by atoms with van der Waals surface area (Å²) in [4.78, 5) is 14.2. The van der Waals surface area contributed by atoms with Crippen molar-refractivity contribution < 1.29 is 9.66 Å². The quantitative estimate of drug-likeness (QED) is 0.555. The maximum atomic E-state index is 10.5. The molecule has 0 amide bonds. The van der Waals surface area contributed by atoms with E-state index in [9.17, 15) is 10.1 Å². The fourth-order valence-electron chi connectivity index (χ4n) is 1.40. The van der Waals surface area contributed by atoms with Gasteiger partial charge in [0.1, 0.15) is 5.75 Å². The van der Waals surface area contributed by atoms with Crippen LogP contribution in [0.25, 0.3) is 10.9 Å². The van der Waals surface area contributed by atoms with Crippen LogP contribution in [0.15, 0.2) is 30.5 Å². The van der Waals surface area contributed by atoms with Gasteiger partial charge in [0, 0.05) is 23.7 Å². The van der Waals surface area contributed by atoms with E-state index in [2.05, 4.69) is 4.98 Å². The molecule has 0 saturated carbocycles. The van der Waals surface area contributed by atoms with Crippen molar-refractivity contribution in [1.29, 1.82) is 0 Å². The van der Waals surface area contributed by atoms with Crippen LogP contribution in [-0.2, 0) is 0 Å². The van der Waals surface area contributed by atoms with Crippen LogP contribution >= 0.6 is 0 Å². The maximum absolute atomic E-state index is 10.5. The van der Waals surface area contributed by atoms with Crippen LogP contribution in [0.4, 0.5) is 5.69 Å². The van der Waals surface area contributed by atoms with E-state index in [0.29, 0.717) is 11.3 Å². The summed E-state index contributed by atoms with van der Waals surface area (Å²) >= 11 is 0. The van der Waals surface area contributed by atoms with Gasteiger partial charge in [0.2, 0.25) is 0 Å². The predicted molar refractivity (Wildman–Crippen MR) is 54.9 cm³/mol. The summed E-state index contributed by atoms with van der Waals surface area (Å²) in [6.07, 6.45) is 1.56. The van der Waals surface area contributed by atoms with Gasteiger partial charge in [-0.2, -0.15) is 0 Å². The van der Waals surface area contributed by atoms with Crippen LogP contribution < -0.4 is 4.74 Å². The van der Waals surface area contributed by atoms with Crippen LogP contribution in [0.3, 0.4) is 0 Å². The van der Waals surface area contributed by atoms with Crippen molar-refractivity contribution in [3.05, 3.63) is 40.6 Å². The van der Waals surface area contributed by atoms with Crippen molar-refractivity contribution in [2.45, 2.75) is 0 Å². The zero-order valence-corrected chi connectivity index (χ0v) is 8.01. The molecule has 0 atom stereocenters. The number of aromatic nitrogens is 1. The highest BCUT2D eigenvalue weighted by molar-refractivity contribution is 5.86. The van der Waals surface area contributed by atoms with Crippen LogP contribution in [-0.4, -0.2) is 17.0 Å². The molecule has 5 nitrogen and oxygen atoms in total. The normalized spacial score (nSPS) is 10.2. The lowest BCUT2D eigenvalue weighted by atomic mass is 10.2. The van der Waals surface area contributed by atoms with E-state index in [4.69, 9.17) is 4.74 Å². The van der Waals surface area contributed by atoms with Crippen LogP contribution in [0, 0.1) is 10.1 Å². The molecule has 0 unspecified atom stereocenters. The van der Waals surface area contributed by atoms with E-state index < -0.39 is 4.92 Å². The number of hydrogen-bond donors (Lipinski definition) is 0. The van der Waals surface area contributed by atoms with Gasteiger partial charge in [0.15, 0.2) is 0 Å². The number of nitro groups is 1. The first-order valence-electron chi connectivity index (χ1n) is 4.29. The first-order valence-corrected chi connectivity index (χ1v) is 4.29. The van der Waals surface area contributed by atoms with Gasteiger partial charge in [0.25, 0.3) is 5.69 Å². The Balaban J connectivity index is 2.69. The second-order valence-corrected chi connectivity index (χ2v) is 2.97. The third kappa shape index (κ3) is 1.59. The summed E-state index contributed by atoms with van der Waals surface area (Å²) in [6.45, 7) is 0. The van der Waals surface area contributed by atoms with Crippen molar-refractivity contribution in [3.8, 4) is 5.75 Å². The molecule has 0 radical (unpaired) electrons. The van der Waals surface area contributed by atoms with Gasteiger partial charge in [-0.15, -0.1) is 0 Å². The van der Waals surface area contributed by atoms with Crippen molar-refractivity contribution in [2.24, 2.45) is 0 Å². The summed E-state index contributed by atoms with van der Waals surface area (Å²) in [6, 6.07) is 6.22. The summed E-state index contributed by atoms with van der Waals surface area (Å²) in [7, 11) is 1.55. The average Bonchev–Trinajstić information content (AvgIpc) is 2.27. The van der Waals surface area contributed by atoms with Crippen molar-refractivity contribution in [1.82, 2.24) is 4.98 Å². The monoisotopic (exact) mass is 204 g/mol. The molecule has 76 valence electrons. The molecule has 0 fully saturated rings. The molecule has 0 aliphatic heterocycles. The molecule has 2 aromatic rings. The van der Waals surface area contributed by atoms with E-state index in [0.717, 1.165) is 5.39 Å². The van der Waals surface area contributed by atoms with Gasteiger partial charge in [-0.3, -0.25) is 15.1 Å².